The molecule has 4 nitrogen and oxygen atoms in total. The third-order valence-corrected chi connectivity index (χ3v) is 3.29. The van der Waals surface area contributed by atoms with Crippen molar-refractivity contribution in [2.45, 2.75) is 39.7 Å². The molecule has 1 aliphatic rings. The smallest absolute Gasteiger partial charge is 0.299 e. The van der Waals surface area contributed by atoms with Crippen LogP contribution in [0.25, 0.3) is 0 Å². The van der Waals surface area contributed by atoms with Crippen LogP contribution < -0.4 is 4.90 Å². The van der Waals surface area contributed by atoms with Gasteiger partial charge in [0.15, 0.2) is 0 Å². The van der Waals surface area contributed by atoms with E-state index in [1.165, 1.54) is 4.90 Å². The van der Waals surface area contributed by atoms with Gasteiger partial charge in [-0.3, -0.25) is 9.59 Å². The summed E-state index contributed by atoms with van der Waals surface area (Å²) in [7, 11) is 0. The Morgan fingerprint density at radius 1 is 1.20 bits per heavy atom. The van der Waals surface area contributed by atoms with Gasteiger partial charge in [-0.1, -0.05) is 13.0 Å². The molecular weight excluding hydrogens is 254 g/mol. The van der Waals surface area contributed by atoms with Crippen LogP contribution in [-0.4, -0.2) is 30.4 Å². The zero-order valence-electron chi connectivity index (χ0n) is 12.5. The lowest BCUT2D eigenvalue weighted by Crippen LogP contribution is -2.34. The molecule has 0 aliphatic carbocycles. The summed E-state index contributed by atoms with van der Waals surface area (Å²) >= 11 is 0. The average Bonchev–Trinajstić information content (AvgIpc) is 2.62. The van der Waals surface area contributed by atoms with Crippen LogP contribution in [0.3, 0.4) is 0 Å². The first kappa shape index (κ1) is 14.7. The molecule has 0 aromatic heterocycles. The van der Waals surface area contributed by atoms with E-state index < -0.39 is 11.7 Å². The summed E-state index contributed by atoms with van der Waals surface area (Å²) in [5, 5.41) is 0. The van der Waals surface area contributed by atoms with E-state index >= 15 is 0 Å². The molecule has 108 valence electrons. The molecule has 0 saturated carbocycles. The second-order valence-corrected chi connectivity index (χ2v) is 5.95. The largest absolute Gasteiger partial charge is 0.374 e. The number of carbonyl (C=O) groups is 2. The summed E-state index contributed by atoms with van der Waals surface area (Å²) in [5.41, 5.74) is 2.04. The minimum atomic E-state index is -0.453. The van der Waals surface area contributed by atoms with E-state index in [9.17, 15) is 9.59 Å². The second-order valence-electron chi connectivity index (χ2n) is 5.95. The van der Waals surface area contributed by atoms with Gasteiger partial charge in [-0.15, -0.1) is 0 Å². The fourth-order valence-corrected chi connectivity index (χ4v) is 2.23. The number of hydrogen-bond donors (Lipinski definition) is 0. The van der Waals surface area contributed by atoms with Gasteiger partial charge < -0.3 is 9.64 Å². The first-order valence-corrected chi connectivity index (χ1v) is 6.96. The summed E-state index contributed by atoms with van der Waals surface area (Å²) in [6.45, 7) is 8.73. The number of benzene rings is 1. The highest BCUT2D eigenvalue weighted by Gasteiger charge is 2.35. The van der Waals surface area contributed by atoms with Gasteiger partial charge in [0.1, 0.15) is 0 Å². The van der Waals surface area contributed by atoms with Crippen molar-refractivity contribution in [3.8, 4) is 0 Å². The molecule has 2 rings (SSSR count). The van der Waals surface area contributed by atoms with E-state index in [-0.39, 0.29) is 5.60 Å². The van der Waals surface area contributed by atoms with Crippen molar-refractivity contribution in [1.29, 1.82) is 0 Å². The molecule has 4 heteroatoms. The zero-order valence-corrected chi connectivity index (χ0v) is 12.5. The molecule has 0 N–H and O–H groups in total. The van der Waals surface area contributed by atoms with Crippen LogP contribution in [0.2, 0.25) is 0 Å². The molecule has 0 unspecified atom stereocenters. The fraction of sp³-hybridized carbons (Fsp3) is 0.500. The van der Waals surface area contributed by atoms with Gasteiger partial charge in [-0.2, -0.15) is 0 Å². The highest BCUT2D eigenvalue weighted by Crippen LogP contribution is 2.29. The van der Waals surface area contributed by atoms with Gasteiger partial charge in [-0.05, 0) is 44.9 Å². The Morgan fingerprint density at radius 3 is 2.50 bits per heavy atom. The molecule has 1 heterocycles. The summed E-state index contributed by atoms with van der Waals surface area (Å²) < 4.78 is 5.63. The summed E-state index contributed by atoms with van der Waals surface area (Å²) in [5.74, 6) is -0.864. The van der Waals surface area contributed by atoms with Crippen molar-refractivity contribution >= 4 is 17.4 Å². The van der Waals surface area contributed by atoms with Crippen molar-refractivity contribution in [3.63, 3.8) is 0 Å². The molecule has 1 aromatic carbocycles. The van der Waals surface area contributed by atoms with Crippen LogP contribution in [0.5, 0.6) is 0 Å². The lowest BCUT2D eigenvalue weighted by atomic mass is 10.1. The van der Waals surface area contributed by atoms with E-state index in [4.69, 9.17) is 4.74 Å². The number of amides is 1. The van der Waals surface area contributed by atoms with Crippen molar-refractivity contribution in [1.82, 2.24) is 0 Å². The van der Waals surface area contributed by atoms with Crippen LogP contribution in [0.4, 0.5) is 5.69 Å². The summed E-state index contributed by atoms with van der Waals surface area (Å²) in [6.07, 6.45) is 0.849. The van der Waals surface area contributed by atoms with Gasteiger partial charge in [-0.25, -0.2) is 0 Å². The van der Waals surface area contributed by atoms with E-state index in [0.29, 0.717) is 24.4 Å². The van der Waals surface area contributed by atoms with Crippen molar-refractivity contribution < 1.29 is 14.3 Å². The normalized spacial score (nSPS) is 14.9. The predicted molar refractivity (Wildman–Crippen MR) is 78.2 cm³/mol. The molecule has 1 aromatic rings. The van der Waals surface area contributed by atoms with Gasteiger partial charge in [0.05, 0.1) is 23.5 Å². The van der Waals surface area contributed by atoms with E-state index in [1.54, 1.807) is 0 Å². The van der Waals surface area contributed by atoms with Gasteiger partial charge >= 0.3 is 0 Å². The predicted octanol–water partition coefficient (Wildman–Crippen LogP) is 2.59. The lowest BCUT2D eigenvalue weighted by molar-refractivity contribution is -0.114. The molecule has 0 spiro atoms. The number of fused-ring (bicyclic) bond motifs is 1. The summed E-state index contributed by atoms with van der Waals surface area (Å²) in [4.78, 5) is 25.6. The van der Waals surface area contributed by atoms with Crippen LogP contribution in [0.15, 0.2) is 18.2 Å². The minimum Gasteiger partial charge on any atom is -0.374 e. The molecule has 0 saturated heterocycles. The molecule has 20 heavy (non-hydrogen) atoms. The van der Waals surface area contributed by atoms with Crippen LogP contribution in [-0.2, 0) is 16.0 Å². The summed E-state index contributed by atoms with van der Waals surface area (Å²) in [6, 6.07) is 5.64. The molecule has 0 fully saturated rings. The van der Waals surface area contributed by atoms with Crippen LogP contribution >= 0.6 is 0 Å². The Labute approximate surface area is 119 Å². The Morgan fingerprint density at radius 2 is 1.90 bits per heavy atom. The second kappa shape index (κ2) is 5.37. The van der Waals surface area contributed by atoms with Crippen LogP contribution in [0, 0.1) is 0 Å². The number of ketones is 1. The third kappa shape index (κ3) is 2.90. The number of anilines is 1. The number of carbonyl (C=O) groups excluding carboxylic acids is 2. The maximum atomic E-state index is 12.0. The van der Waals surface area contributed by atoms with Gasteiger partial charge in [0.25, 0.3) is 11.7 Å². The topological polar surface area (TPSA) is 46.6 Å². The van der Waals surface area contributed by atoms with Crippen LogP contribution in [0.1, 0.15) is 43.6 Å². The highest BCUT2D eigenvalue weighted by molar-refractivity contribution is 6.52. The minimum absolute atomic E-state index is 0.248. The maximum Gasteiger partial charge on any atom is 0.299 e. The van der Waals surface area contributed by atoms with Gasteiger partial charge in [0.2, 0.25) is 0 Å². The number of nitrogens with zero attached hydrogens (tertiary/aromatic N) is 1. The zero-order chi connectivity index (χ0) is 14.9. The molecule has 1 aliphatic heterocycles. The van der Waals surface area contributed by atoms with Gasteiger partial charge in [0, 0.05) is 6.54 Å². The fourth-order valence-electron chi connectivity index (χ4n) is 2.23. The van der Waals surface area contributed by atoms with E-state index in [2.05, 4.69) is 0 Å². The van der Waals surface area contributed by atoms with Crippen molar-refractivity contribution in [2.75, 3.05) is 18.1 Å². The Kier molecular flexibility index (Phi) is 3.95. The molecular formula is C16H21NO3. The SMILES string of the molecule is CCc1ccc2c(c1)C(=O)C(=O)N2CCOC(C)(C)C. The highest BCUT2D eigenvalue weighted by atomic mass is 16.5. The Balaban J connectivity index is 2.17. The number of ether oxygens (including phenoxy) is 1. The number of hydrogen-bond acceptors (Lipinski definition) is 3. The molecule has 1 amide bonds. The van der Waals surface area contributed by atoms with E-state index in [1.807, 2.05) is 45.9 Å². The Bertz CT molecular complexity index is 543. The van der Waals surface area contributed by atoms with Crippen molar-refractivity contribution in [2.24, 2.45) is 0 Å². The number of Topliss-reactive ketones (excluding diaryl/α,β-unsaturated/α-hetero) is 1. The quantitative estimate of drug-likeness (QED) is 0.793. The number of aryl methyl sites for hydroxylation is 1. The monoisotopic (exact) mass is 275 g/mol. The molecule has 0 bridgehead atoms. The maximum absolute atomic E-state index is 12.0. The standard InChI is InChI=1S/C16H21NO3/c1-5-11-6-7-13-12(10-11)14(18)15(19)17(13)8-9-20-16(2,3)4/h6-7,10H,5,8-9H2,1-4H3. The Hall–Kier alpha value is -1.68. The van der Waals surface area contributed by atoms with E-state index in [0.717, 1.165) is 12.0 Å². The first-order valence-electron chi connectivity index (χ1n) is 6.96. The first-order chi connectivity index (χ1) is 9.33. The number of rotatable bonds is 4. The van der Waals surface area contributed by atoms with Crippen molar-refractivity contribution in [3.05, 3.63) is 29.3 Å². The third-order valence-electron chi connectivity index (χ3n) is 3.29. The molecule has 0 radical (unpaired) electrons. The molecule has 0 atom stereocenters. The average molecular weight is 275 g/mol. The lowest BCUT2D eigenvalue weighted by Gasteiger charge is -2.22.